The molecule has 0 aromatic rings. The van der Waals surface area contributed by atoms with Crippen molar-refractivity contribution in [2.24, 2.45) is 0 Å². The molecule has 1 rings (SSSR count). The summed E-state index contributed by atoms with van der Waals surface area (Å²) in [6, 6.07) is 0. The lowest BCUT2D eigenvalue weighted by molar-refractivity contribution is 0.0549. The molecule has 3 atom stereocenters. The lowest BCUT2D eigenvalue weighted by Crippen LogP contribution is -2.16. The number of ether oxygens (including phenoxy) is 2. The molecule has 1 aliphatic rings. The largest absolute Gasteiger partial charge is 0.376 e. The standard InChI is InChI=1S/C7H14O2/c1-4-8-5(2)7-6(3)9-7/h5-7H,4H2,1-3H3. The first-order valence-corrected chi connectivity index (χ1v) is 3.52. The minimum absolute atomic E-state index is 0.282. The monoisotopic (exact) mass is 130 g/mol. The van der Waals surface area contributed by atoms with Gasteiger partial charge in [-0.2, -0.15) is 0 Å². The third kappa shape index (κ3) is 1.66. The van der Waals surface area contributed by atoms with E-state index in [4.69, 9.17) is 9.47 Å². The molecule has 0 aromatic heterocycles. The third-order valence-electron chi connectivity index (χ3n) is 1.65. The molecule has 1 heterocycles. The molecule has 54 valence electrons. The minimum atomic E-state index is 0.282. The van der Waals surface area contributed by atoms with Crippen molar-refractivity contribution in [3.8, 4) is 0 Å². The summed E-state index contributed by atoms with van der Waals surface area (Å²) in [6.07, 6.45) is 1.07. The van der Waals surface area contributed by atoms with Crippen LogP contribution in [0.25, 0.3) is 0 Å². The Balaban J connectivity index is 2.11. The fraction of sp³-hybridized carbons (Fsp3) is 1.00. The molecule has 2 heteroatoms. The zero-order chi connectivity index (χ0) is 6.85. The molecule has 0 amide bonds. The van der Waals surface area contributed by atoms with Gasteiger partial charge >= 0.3 is 0 Å². The van der Waals surface area contributed by atoms with E-state index in [-0.39, 0.29) is 6.10 Å². The van der Waals surface area contributed by atoms with Crippen LogP contribution in [0.15, 0.2) is 0 Å². The summed E-state index contributed by atoms with van der Waals surface area (Å²) < 4.78 is 10.5. The number of rotatable bonds is 3. The van der Waals surface area contributed by atoms with E-state index >= 15 is 0 Å². The van der Waals surface area contributed by atoms with Gasteiger partial charge in [-0.25, -0.2) is 0 Å². The van der Waals surface area contributed by atoms with Crippen LogP contribution in [0.3, 0.4) is 0 Å². The summed E-state index contributed by atoms with van der Waals surface area (Å²) in [5.41, 5.74) is 0. The highest BCUT2D eigenvalue weighted by Gasteiger charge is 2.39. The van der Waals surface area contributed by atoms with E-state index < -0.39 is 0 Å². The first kappa shape index (κ1) is 7.03. The summed E-state index contributed by atoms with van der Waals surface area (Å²) in [7, 11) is 0. The minimum Gasteiger partial charge on any atom is -0.376 e. The Morgan fingerprint density at radius 3 is 2.56 bits per heavy atom. The molecule has 3 unspecified atom stereocenters. The van der Waals surface area contributed by atoms with E-state index in [1.165, 1.54) is 0 Å². The van der Waals surface area contributed by atoms with Gasteiger partial charge in [0.05, 0.1) is 12.2 Å². The van der Waals surface area contributed by atoms with Gasteiger partial charge in [0, 0.05) is 6.61 Å². The maximum absolute atomic E-state index is 5.31. The summed E-state index contributed by atoms with van der Waals surface area (Å²) >= 11 is 0. The van der Waals surface area contributed by atoms with E-state index in [0.717, 1.165) is 6.61 Å². The summed E-state index contributed by atoms with van der Waals surface area (Å²) in [5.74, 6) is 0. The Morgan fingerprint density at radius 2 is 2.22 bits per heavy atom. The van der Waals surface area contributed by atoms with Crippen molar-refractivity contribution in [3.63, 3.8) is 0 Å². The molecule has 0 bridgehead atoms. The van der Waals surface area contributed by atoms with Crippen LogP contribution in [-0.2, 0) is 9.47 Å². The van der Waals surface area contributed by atoms with Crippen molar-refractivity contribution >= 4 is 0 Å². The van der Waals surface area contributed by atoms with E-state index in [1.54, 1.807) is 0 Å². The average molecular weight is 130 g/mol. The lowest BCUT2D eigenvalue weighted by atomic mass is 10.2. The van der Waals surface area contributed by atoms with Gasteiger partial charge < -0.3 is 9.47 Å². The Hall–Kier alpha value is -0.0800. The van der Waals surface area contributed by atoms with Gasteiger partial charge in [-0.3, -0.25) is 0 Å². The second-order valence-corrected chi connectivity index (χ2v) is 2.47. The second kappa shape index (κ2) is 2.67. The number of hydrogen-bond donors (Lipinski definition) is 0. The van der Waals surface area contributed by atoms with Crippen LogP contribution in [0.4, 0.5) is 0 Å². The first-order valence-electron chi connectivity index (χ1n) is 3.52. The fourth-order valence-electron chi connectivity index (χ4n) is 1.05. The van der Waals surface area contributed by atoms with Crippen molar-refractivity contribution in [2.75, 3.05) is 6.61 Å². The maximum atomic E-state index is 5.31. The summed E-state index contributed by atoms with van der Waals surface area (Å²) in [4.78, 5) is 0. The van der Waals surface area contributed by atoms with Gasteiger partial charge in [0.25, 0.3) is 0 Å². The first-order chi connectivity index (χ1) is 4.25. The SMILES string of the molecule is CCOC(C)C1OC1C. The second-order valence-electron chi connectivity index (χ2n) is 2.47. The quantitative estimate of drug-likeness (QED) is 0.535. The topological polar surface area (TPSA) is 21.8 Å². The van der Waals surface area contributed by atoms with Gasteiger partial charge in [-0.1, -0.05) is 0 Å². The van der Waals surface area contributed by atoms with Gasteiger partial charge in [0.15, 0.2) is 0 Å². The summed E-state index contributed by atoms with van der Waals surface area (Å²) in [6.45, 7) is 6.91. The Kier molecular flexibility index (Phi) is 2.09. The normalized spacial score (nSPS) is 36.3. The van der Waals surface area contributed by atoms with Crippen LogP contribution in [0.2, 0.25) is 0 Å². The molecule has 0 radical (unpaired) electrons. The molecule has 1 saturated heterocycles. The molecule has 0 aliphatic carbocycles. The highest BCUT2D eigenvalue weighted by molar-refractivity contribution is 4.85. The van der Waals surface area contributed by atoms with Gasteiger partial charge in [0.1, 0.15) is 6.10 Å². The van der Waals surface area contributed by atoms with Gasteiger partial charge in [-0.15, -0.1) is 0 Å². The molecule has 9 heavy (non-hydrogen) atoms. The van der Waals surface area contributed by atoms with E-state index in [9.17, 15) is 0 Å². The van der Waals surface area contributed by atoms with Crippen LogP contribution < -0.4 is 0 Å². The van der Waals surface area contributed by atoms with Gasteiger partial charge in [-0.05, 0) is 20.8 Å². The Morgan fingerprint density at radius 1 is 1.67 bits per heavy atom. The van der Waals surface area contributed by atoms with E-state index in [1.807, 2.05) is 6.92 Å². The molecule has 0 spiro atoms. The van der Waals surface area contributed by atoms with Crippen LogP contribution >= 0.6 is 0 Å². The number of hydrogen-bond acceptors (Lipinski definition) is 2. The van der Waals surface area contributed by atoms with Crippen molar-refractivity contribution in [2.45, 2.75) is 39.1 Å². The smallest absolute Gasteiger partial charge is 0.110 e. The maximum Gasteiger partial charge on any atom is 0.110 e. The molecule has 2 nitrogen and oxygen atoms in total. The van der Waals surface area contributed by atoms with Crippen LogP contribution in [0.5, 0.6) is 0 Å². The van der Waals surface area contributed by atoms with Crippen LogP contribution in [-0.4, -0.2) is 24.9 Å². The lowest BCUT2D eigenvalue weighted by Gasteiger charge is -2.06. The molecule has 1 aliphatic heterocycles. The zero-order valence-electron chi connectivity index (χ0n) is 6.26. The van der Waals surface area contributed by atoms with Crippen molar-refractivity contribution in [1.82, 2.24) is 0 Å². The molecule has 1 fully saturated rings. The van der Waals surface area contributed by atoms with Crippen molar-refractivity contribution in [1.29, 1.82) is 0 Å². The summed E-state index contributed by atoms with van der Waals surface area (Å²) in [5, 5.41) is 0. The highest BCUT2D eigenvalue weighted by Crippen LogP contribution is 2.25. The van der Waals surface area contributed by atoms with Crippen LogP contribution in [0, 0.1) is 0 Å². The molecular weight excluding hydrogens is 116 g/mol. The highest BCUT2D eigenvalue weighted by atomic mass is 16.6. The van der Waals surface area contributed by atoms with Crippen molar-refractivity contribution < 1.29 is 9.47 Å². The average Bonchev–Trinajstić information content (AvgIpc) is 2.47. The molecule has 0 N–H and O–H groups in total. The van der Waals surface area contributed by atoms with Crippen LogP contribution in [0.1, 0.15) is 20.8 Å². The predicted molar refractivity (Wildman–Crippen MR) is 35.4 cm³/mol. The Bertz CT molecular complexity index is 92.9. The molecular formula is C7H14O2. The number of epoxide rings is 1. The van der Waals surface area contributed by atoms with E-state index in [2.05, 4.69) is 13.8 Å². The zero-order valence-corrected chi connectivity index (χ0v) is 6.26. The Labute approximate surface area is 56.2 Å². The predicted octanol–water partition coefficient (Wildman–Crippen LogP) is 1.20. The fourth-order valence-corrected chi connectivity index (χ4v) is 1.05. The van der Waals surface area contributed by atoms with E-state index in [0.29, 0.717) is 12.2 Å². The van der Waals surface area contributed by atoms with Gasteiger partial charge in [0.2, 0.25) is 0 Å². The third-order valence-corrected chi connectivity index (χ3v) is 1.65. The molecule has 0 saturated carbocycles. The van der Waals surface area contributed by atoms with Crippen molar-refractivity contribution in [3.05, 3.63) is 0 Å². The molecule has 0 aromatic carbocycles.